The van der Waals surface area contributed by atoms with Crippen LogP contribution in [0.4, 0.5) is 4.79 Å². The molecule has 0 radical (unpaired) electrons. The zero-order chi connectivity index (χ0) is 17.3. The van der Waals surface area contributed by atoms with Gasteiger partial charge in [-0.25, -0.2) is 9.78 Å². The molecule has 1 aliphatic heterocycles. The SMILES string of the molecule is Cc1ccc2cccc(O[C@H]3CCN(C(=O)OC(C)(C)C)C3)c2n1. The lowest BCUT2D eigenvalue weighted by Gasteiger charge is -2.24. The van der Waals surface area contributed by atoms with Crippen LogP contribution in [0.15, 0.2) is 30.3 Å². The van der Waals surface area contributed by atoms with E-state index in [1.54, 1.807) is 4.90 Å². The van der Waals surface area contributed by atoms with E-state index >= 15 is 0 Å². The molecule has 0 bridgehead atoms. The Labute approximate surface area is 142 Å². The Morgan fingerprint density at radius 2 is 2.04 bits per heavy atom. The number of nitrogens with zero attached hydrogens (tertiary/aromatic N) is 2. The molecule has 0 unspecified atom stereocenters. The lowest BCUT2D eigenvalue weighted by molar-refractivity contribution is 0.0276. The van der Waals surface area contributed by atoms with Crippen molar-refractivity contribution in [3.8, 4) is 5.75 Å². The van der Waals surface area contributed by atoms with E-state index in [9.17, 15) is 4.79 Å². The van der Waals surface area contributed by atoms with Crippen molar-refractivity contribution < 1.29 is 14.3 Å². The highest BCUT2D eigenvalue weighted by Crippen LogP contribution is 2.27. The summed E-state index contributed by atoms with van der Waals surface area (Å²) in [4.78, 5) is 18.4. The van der Waals surface area contributed by atoms with Crippen molar-refractivity contribution in [1.29, 1.82) is 0 Å². The third-order valence-electron chi connectivity index (χ3n) is 3.91. The molecule has 5 nitrogen and oxygen atoms in total. The van der Waals surface area contributed by atoms with E-state index in [0.29, 0.717) is 13.1 Å². The van der Waals surface area contributed by atoms with Crippen molar-refractivity contribution >= 4 is 17.0 Å². The fraction of sp³-hybridized carbons (Fsp3) is 0.474. The van der Waals surface area contributed by atoms with Gasteiger partial charge in [-0.05, 0) is 39.8 Å². The number of aryl methyl sites for hydroxylation is 1. The summed E-state index contributed by atoms with van der Waals surface area (Å²) in [7, 11) is 0. The summed E-state index contributed by atoms with van der Waals surface area (Å²) in [6.45, 7) is 8.78. The summed E-state index contributed by atoms with van der Waals surface area (Å²) in [5.41, 5.74) is 1.35. The Bertz CT molecular complexity index is 752. The second-order valence-electron chi connectivity index (χ2n) is 7.24. The largest absolute Gasteiger partial charge is 0.486 e. The molecule has 1 atom stereocenters. The van der Waals surface area contributed by atoms with E-state index in [-0.39, 0.29) is 12.2 Å². The molecule has 5 heteroatoms. The molecule has 2 aromatic rings. The molecule has 0 aliphatic carbocycles. The van der Waals surface area contributed by atoms with Gasteiger partial charge in [0.1, 0.15) is 23.0 Å². The van der Waals surface area contributed by atoms with Gasteiger partial charge in [-0.1, -0.05) is 18.2 Å². The van der Waals surface area contributed by atoms with Crippen molar-refractivity contribution in [2.45, 2.75) is 45.8 Å². The number of amides is 1. The first-order valence-electron chi connectivity index (χ1n) is 8.33. The van der Waals surface area contributed by atoms with Crippen LogP contribution in [-0.4, -0.2) is 40.8 Å². The van der Waals surface area contributed by atoms with E-state index in [4.69, 9.17) is 9.47 Å². The molecule has 0 saturated carbocycles. The van der Waals surface area contributed by atoms with Gasteiger partial charge >= 0.3 is 6.09 Å². The minimum atomic E-state index is -0.479. The van der Waals surface area contributed by atoms with Gasteiger partial charge in [-0.3, -0.25) is 0 Å². The third kappa shape index (κ3) is 3.78. The van der Waals surface area contributed by atoms with Crippen LogP contribution in [0.2, 0.25) is 0 Å². The lowest BCUT2D eigenvalue weighted by Crippen LogP contribution is -2.36. The smallest absolute Gasteiger partial charge is 0.410 e. The van der Waals surface area contributed by atoms with Crippen LogP contribution in [0.1, 0.15) is 32.9 Å². The number of pyridine rings is 1. The molecule has 1 amide bonds. The van der Waals surface area contributed by atoms with Crippen LogP contribution in [0, 0.1) is 6.92 Å². The van der Waals surface area contributed by atoms with E-state index in [1.807, 2.05) is 58.0 Å². The Kier molecular flexibility index (Phi) is 4.35. The fourth-order valence-electron chi connectivity index (χ4n) is 2.81. The van der Waals surface area contributed by atoms with Crippen LogP contribution in [0.25, 0.3) is 10.9 Å². The van der Waals surface area contributed by atoms with Crippen LogP contribution in [-0.2, 0) is 4.74 Å². The Morgan fingerprint density at radius 3 is 2.79 bits per heavy atom. The number of benzene rings is 1. The topological polar surface area (TPSA) is 51.7 Å². The van der Waals surface area contributed by atoms with Crippen molar-refractivity contribution in [2.75, 3.05) is 13.1 Å². The molecule has 1 aliphatic rings. The number of hydrogen-bond acceptors (Lipinski definition) is 4. The predicted molar refractivity (Wildman–Crippen MR) is 93.3 cm³/mol. The molecule has 0 spiro atoms. The number of para-hydroxylation sites is 1. The molecule has 1 aromatic carbocycles. The van der Waals surface area contributed by atoms with Gasteiger partial charge in [0.15, 0.2) is 0 Å². The van der Waals surface area contributed by atoms with Gasteiger partial charge in [-0.2, -0.15) is 0 Å². The van der Waals surface area contributed by atoms with E-state index < -0.39 is 5.60 Å². The molecular weight excluding hydrogens is 304 g/mol. The molecule has 24 heavy (non-hydrogen) atoms. The van der Waals surface area contributed by atoms with Gasteiger partial charge in [0.2, 0.25) is 0 Å². The summed E-state index contributed by atoms with van der Waals surface area (Å²) in [6, 6.07) is 9.97. The minimum Gasteiger partial charge on any atom is -0.486 e. The number of aromatic nitrogens is 1. The van der Waals surface area contributed by atoms with Crippen LogP contribution < -0.4 is 4.74 Å². The minimum absolute atomic E-state index is 0.0366. The summed E-state index contributed by atoms with van der Waals surface area (Å²) < 4.78 is 11.6. The van der Waals surface area contributed by atoms with Gasteiger partial charge in [-0.15, -0.1) is 0 Å². The summed E-state index contributed by atoms with van der Waals surface area (Å²) in [6.07, 6.45) is 0.479. The van der Waals surface area contributed by atoms with E-state index in [2.05, 4.69) is 4.98 Å². The van der Waals surface area contributed by atoms with Crippen molar-refractivity contribution in [3.63, 3.8) is 0 Å². The normalized spacial score (nSPS) is 18.0. The zero-order valence-corrected chi connectivity index (χ0v) is 14.7. The van der Waals surface area contributed by atoms with E-state index in [1.165, 1.54) is 0 Å². The van der Waals surface area contributed by atoms with Crippen LogP contribution in [0.3, 0.4) is 0 Å². The molecule has 1 aromatic heterocycles. The Balaban J connectivity index is 1.70. The maximum atomic E-state index is 12.2. The van der Waals surface area contributed by atoms with Gasteiger partial charge in [0.25, 0.3) is 0 Å². The highest BCUT2D eigenvalue weighted by molar-refractivity contribution is 5.84. The number of fused-ring (bicyclic) bond motifs is 1. The summed E-state index contributed by atoms with van der Waals surface area (Å²) in [5, 5.41) is 1.06. The average molecular weight is 328 g/mol. The summed E-state index contributed by atoms with van der Waals surface area (Å²) >= 11 is 0. The van der Waals surface area contributed by atoms with E-state index in [0.717, 1.165) is 28.8 Å². The number of likely N-dealkylation sites (tertiary alicyclic amines) is 1. The van der Waals surface area contributed by atoms with Crippen molar-refractivity contribution in [1.82, 2.24) is 9.88 Å². The predicted octanol–water partition coefficient (Wildman–Crippen LogP) is 3.93. The maximum absolute atomic E-state index is 12.2. The Morgan fingerprint density at radius 1 is 1.25 bits per heavy atom. The van der Waals surface area contributed by atoms with Gasteiger partial charge < -0.3 is 14.4 Å². The standard InChI is InChI=1S/C19H24N2O3/c1-13-8-9-14-6-5-7-16(17(14)20-13)23-15-10-11-21(12-15)18(22)24-19(2,3)4/h5-9,15H,10-12H2,1-4H3/t15-/m0/s1. The average Bonchev–Trinajstić information content (AvgIpc) is 2.95. The number of ether oxygens (including phenoxy) is 2. The quantitative estimate of drug-likeness (QED) is 0.838. The third-order valence-corrected chi connectivity index (χ3v) is 3.91. The first kappa shape index (κ1) is 16.6. The zero-order valence-electron chi connectivity index (χ0n) is 14.7. The molecule has 1 fully saturated rings. The van der Waals surface area contributed by atoms with Crippen molar-refractivity contribution in [2.24, 2.45) is 0 Å². The monoisotopic (exact) mass is 328 g/mol. The first-order chi connectivity index (χ1) is 11.3. The number of carbonyl (C=O) groups is 1. The molecule has 128 valence electrons. The second kappa shape index (κ2) is 6.30. The second-order valence-corrected chi connectivity index (χ2v) is 7.24. The van der Waals surface area contributed by atoms with Crippen LogP contribution in [0.5, 0.6) is 5.75 Å². The van der Waals surface area contributed by atoms with Crippen molar-refractivity contribution in [3.05, 3.63) is 36.0 Å². The highest BCUT2D eigenvalue weighted by Gasteiger charge is 2.31. The maximum Gasteiger partial charge on any atom is 0.410 e. The lowest BCUT2D eigenvalue weighted by atomic mass is 10.2. The molecular formula is C19H24N2O3. The number of rotatable bonds is 2. The fourth-order valence-corrected chi connectivity index (χ4v) is 2.81. The molecule has 2 heterocycles. The first-order valence-corrected chi connectivity index (χ1v) is 8.33. The van der Waals surface area contributed by atoms with Gasteiger partial charge in [0.05, 0.1) is 6.54 Å². The molecule has 3 rings (SSSR count). The Hall–Kier alpha value is -2.30. The highest BCUT2D eigenvalue weighted by atomic mass is 16.6. The number of hydrogen-bond donors (Lipinski definition) is 0. The van der Waals surface area contributed by atoms with Crippen LogP contribution >= 0.6 is 0 Å². The molecule has 1 saturated heterocycles. The molecule has 0 N–H and O–H groups in total. The van der Waals surface area contributed by atoms with Gasteiger partial charge in [0, 0.05) is 24.0 Å². The summed E-state index contributed by atoms with van der Waals surface area (Å²) in [5.74, 6) is 0.771. The number of carbonyl (C=O) groups excluding carboxylic acids is 1.